The molecule has 26 valence electrons. The van der Waals surface area contributed by atoms with Gasteiger partial charge in [-0.1, -0.05) is 0 Å². The molecular weight excluding hydrogens is 70.1 g/mol. The Hall–Kier alpha value is 0.125. The first-order valence-electron chi connectivity index (χ1n) is 2.26. The van der Waals surface area contributed by atoms with E-state index in [1.54, 1.807) is 0 Å². The molecule has 0 fully saturated rings. The summed E-state index contributed by atoms with van der Waals surface area (Å²) in [5.74, 6) is 0. The Morgan fingerprint density at radius 3 is 2.33 bits per heavy atom. The van der Waals surface area contributed by atoms with Gasteiger partial charge in [0.25, 0.3) is 0 Å². The number of hydrogen-bond donors (Lipinski definition) is 0. The van der Waals surface area contributed by atoms with Crippen molar-refractivity contribution < 1.29 is 4.70 Å². The Labute approximate surface area is 41.6 Å². The maximum atomic E-state index is 9.74. The van der Waals surface area contributed by atoms with E-state index in [9.17, 15) is 4.70 Å². The monoisotopic (exact) mass is 76.1 g/mol. The zero-order chi connectivity index (χ0) is 4.99. The van der Waals surface area contributed by atoms with Crippen molar-refractivity contribution in [2.75, 3.05) is 0 Å². The minimum absolute atomic E-state index is 0.255. The predicted molar refractivity (Wildman–Crippen MR) is 36.4 cm³/mol. The van der Waals surface area contributed by atoms with E-state index in [1.807, 2.05) is 15.5 Å². The zero-order valence-electron chi connectivity index (χ0n) is 4.27. The molecule has 0 aliphatic carbocycles. The molecule has 6 heteroatoms. The van der Waals surface area contributed by atoms with E-state index in [0.29, 0.717) is 0 Å². The number of hydrogen-bond acceptors (Lipinski definition) is 1. The molecule has 0 spiro atoms. The zero-order valence-corrected chi connectivity index (χ0v) is 4.27. The standard InChI is InChI=1S/B5H5O/c1-3-5(2)4-6/h3H,1-2H2. The molecule has 0 aromatic heterocycles. The van der Waals surface area contributed by atoms with E-state index in [-0.39, 0.29) is 6.39 Å². The molecule has 0 aliphatic rings. The van der Waals surface area contributed by atoms with Crippen LogP contribution in [0, 0.1) is 0 Å². The van der Waals surface area contributed by atoms with Crippen LogP contribution in [-0.4, -0.2) is 36.0 Å². The molecule has 0 heterocycles. The molecule has 0 N–H and O–H groups in total. The minimum atomic E-state index is 0.255. The first kappa shape index (κ1) is 6.12. The van der Waals surface area contributed by atoms with Crippen molar-refractivity contribution in [3.8, 4) is 0 Å². The summed E-state index contributed by atoms with van der Waals surface area (Å²) in [7, 11) is 5.84. The van der Waals surface area contributed by atoms with Crippen LogP contribution in [0.5, 0.6) is 0 Å². The maximum absolute atomic E-state index is 9.74. The molecule has 0 saturated heterocycles. The van der Waals surface area contributed by atoms with E-state index in [2.05, 4.69) is 0 Å². The Morgan fingerprint density at radius 1 is 1.83 bits per heavy atom. The third-order valence-electron chi connectivity index (χ3n) is 0.876. The van der Waals surface area contributed by atoms with Gasteiger partial charge in [-0.05, 0) is 0 Å². The second-order valence-electron chi connectivity index (χ2n) is 1.52. The van der Waals surface area contributed by atoms with E-state index in [4.69, 9.17) is 0 Å². The van der Waals surface area contributed by atoms with Crippen molar-refractivity contribution in [1.29, 1.82) is 0 Å². The second kappa shape index (κ2) is 3.32. The molecule has 0 amide bonds. The van der Waals surface area contributed by atoms with Crippen LogP contribution in [0.1, 0.15) is 0 Å². The van der Waals surface area contributed by atoms with E-state index >= 15 is 0 Å². The Morgan fingerprint density at radius 2 is 2.33 bits per heavy atom. The van der Waals surface area contributed by atoms with Crippen LogP contribution >= 0.6 is 0 Å². The second-order valence-corrected chi connectivity index (χ2v) is 1.52. The van der Waals surface area contributed by atoms with Crippen LogP contribution in [0.3, 0.4) is 0 Å². The molecule has 0 atom stereocenters. The predicted octanol–water partition coefficient (Wildman–Crippen LogP) is -3.36. The molecule has 0 bridgehead atoms. The summed E-state index contributed by atoms with van der Waals surface area (Å²) in [5, 5.41) is 0. The van der Waals surface area contributed by atoms with Crippen LogP contribution in [0.15, 0.2) is 0 Å². The Balaban J connectivity index is 2.96. The fourth-order valence-electron chi connectivity index (χ4n) is 0.0962. The van der Waals surface area contributed by atoms with Gasteiger partial charge in [-0.25, -0.2) is 0 Å². The molecular formula is H5B5O. The first-order chi connectivity index (χ1) is 2.81. The molecule has 0 aromatic carbocycles. The third kappa shape index (κ3) is 2.37. The summed E-state index contributed by atoms with van der Waals surface area (Å²) in [5.41, 5.74) is 0. The topological polar surface area (TPSA) is 17.1 Å². The normalized spacial score (nSPS) is 6.00. The first-order valence-corrected chi connectivity index (χ1v) is 2.26. The van der Waals surface area contributed by atoms with Crippen molar-refractivity contribution in [2.45, 2.75) is 0 Å². The summed E-state index contributed by atoms with van der Waals surface area (Å²) in [6.07, 6.45) is 0.255. The molecule has 0 aromatic rings. The van der Waals surface area contributed by atoms with Crippen molar-refractivity contribution in [3.05, 3.63) is 0 Å². The van der Waals surface area contributed by atoms with Gasteiger partial charge >= 0.3 is 40.7 Å². The molecule has 0 aliphatic heterocycles. The average Bonchev–Trinajstić information content (AvgIpc) is 1.65. The molecule has 0 rings (SSSR count). The summed E-state index contributed by atoms with van der Waals surface area (Å²) in [6, 6.07) is 0. The molecule has 0 radical (unpaired) electrons. The summed E-state index contributed by atoms with van der Waals surface area (Å²) in [4.78, 5) is 0. The van der Waals surface area contributed by atoms with Crippen molar-refractivity contribution in [2.24, 2.45) is 0 Å². The van der Waals surface area contributed by atoms with Gasteiger partial charge in [-0.3, -0.25) is 0 Å². The SMILES string of the molecule is BBB(B)B=O. The summed E-state index contributed by atoms with van der Waals surface area (Å²) < 4.78 is 9.74. The van der Waals surface area contributed by atoms with Crippen LogP contribution in [0.25, 0.3) is 0 Å². The van der Waals surface area contributed by atoms with Gasteiger partial charge in [-0.2, -0.15) is 0 Å². The molecule has 6 heavy (non-hydrogen) atoms. The van der Waals surface area contributed by atoms with Crippen LogP contribution < -0.4 is 0 Å². The van der Waals surface area contributed by atoms with Gasteiger partial charge in [0, 0.05) is 0 Å². The number of rotatable bonds is 2. The van der Waals surface area contributed by atoms with E-state index in [1.165, 1.54) is 0 Å². The fourth-order valence-corrected chi connectivity index (χ4v) is 0.0962. The third-order valence-corrected chi connectivity index (χ3v) is 0.876. The molecule has 1 nitrogen and oxygen atoms in total. The van der Waals surface area contributed by atoms with Crippen LogP contribution in [0.2, 0.25) is 0 Å². The summed E-state index contributed by atoms with van der Waals surface area (Å²) in [6.45, 7) is 0. The van der Waals surface area contributed by atoms with E-state index < -0.39 is 0 Å². The van der Waals surface area contributed by atoms with Gasteiger partial charge in [-0.15, -0.1) is 0 Å². The van der Waals surface area contributed by atoms with Gasteiger partial charge < -0.3 is 0 Å². The van der Waals surface area contributed by atoms with Gasteiger partial charge in [0.2, 0.25) is 0 Å². The average molecular weight is 75.1 g/mol. The van der Waals surface area contributed by atoms with Gasteiger partial charge in [0.1, 0.15) is 0 Å². The van der Waals surface area contributed by atoms with Crippen LogP contribution in [-0.2, 0) is 4.70 Å². The summed E-state index contributed by atoms with van der Waals surface area (Å²) >= 11 is 0. The quantitative estimate of drug-likeness (QED) is 0.313. The Bertz CT molecular complexity index is 41.2. The van der Waals surface area contributed by atoms with Crippen molar-refractivity contribution in [1.82, 2.24) is 0 Å². The van der Waals surface area contributed by atoms with Gasteiger partial charge in [0.05, 0.1) is 0 Å². The molecule has 0 unspecified atom stereocenters. The van der Waals surface area contributed by atoms with Crippen molar-refractivity contribution >= 4 is 36.0 Å². The van der Waals surface area contributed by atoms with E-state index in [0.717, 1.165) is 14.1 Å². The van der Waals surface area contributed by atoms with Crippen LogP contribution in [0.4, 0.5) is 0 Å². The fraction of sp³-hybridized carbons (Fsp3) is 0. The van der Waals surface area contributed by atoms with Crippen molar-refractivity contribution in [3.63, 3.8) is 0 Å². The molecule has 0 saturated carbocycles. The van der Waals surface area contributed by atoms with Gasteiger partial charge in [0.15, 0.2) is 0 Å². The Kier molecular flexibility index (Phi) is 3.39.